The lowest BCUT2D eigenvalue weighted by atomic mass is 10.0. The highest BCUT2D eigenvalue weighted by Crippen LogP contribution is 2.36. The number of benzene rings is 3. The van der Waals surface area contributed by atoms with Gasteiger partial charge in [-0.25, -0.2) is 18.4 Å². The largest absolute Gasteiger partial charge is 0.462 e. The molecule has 5 rings (SSSR count). The van der Waals surface area contributed by atoms with E-state index in [4.69, 9.17) is 18.9 Å². The van der Waals surface area contributed by atoms with Crippen molar-refractivity contribution in [1.82, 2.24) is 9.47 Å². The summed E-state index contributed by atoms with van der Waals surface area (Å²) in [5, 5.41) is 0. The van der Waals surface area contributed by atoms with Crippen molar-refractivity contribution < 1.29 is 37.3 Å². The van der Waals surface area contributed by atoms with Crippen molar-refractivity contribution in [3.05, 3.63) is 107 Å². The summed E-state index contributed by atoms with van der Waals surface area (Å²) >= 11 is 0. The first-order chi connectivity index (χ1) is 22.5. The molecule has 3 aromatic carbocycles. The number of amides is 1. The molecule has 2 heterocycles. The second-order valence-corrected chi connectivity index (χ2v) is 12.4. The lowest BCUT2D eigenvalue weighted by Crippen LogP contribution is -2.43. The maximum absolute atomic E-state index is 14.2. The molecule has 0 radical (unpaired) electrons. The Morgan fingerprint density at radius 2 is 1.62 bits per heavy atom. The molecule has 0 unspecified atom stereocenters. The van der Waals surface area contributed by atoms with Crippen LogP contribution in [0.25, 0.3) is 11.1 Å². The third-order valence-corrected chi connectivity index (χ3v) is 7.71. The van der Waals surface area contributed by atoms with Crippen molar-refractivity contribution in [2.75, 3.05) is 19.7 Å². The maximum atomic E-state index is 14.2. The fourth-order valence-electron chi connectivity index (χ4n) is 5.60. The minimum Gasteiger partial charge on any atom is -0.462 e. The number of para-hydroxylation sites is 1. The number of carbonyl (C=O) groups excluding carboxylic acids is 2. The molecular weight excluding hydrogens is 606 g/mol. The maximum Gasteiger partial charge on any atom is 0.410 e. The molecule has 1 fully saturated rings. The molecule has 1 aromatic heterocycles. The molecule has 0 aliphatic carbocycles. The number of nitrogens with zero attached hydrogens (tertiary/aromatic N) is 2. The van der Waals surface area contributed by atoms with E-state index in [-0.39, 0.29) is 31.1 Å². The second kappa shape index (κ2) is 14.8. The number of esters is 1. The van der Waals surface area contributed by atoms with Gasteiger partial charge in [-0.2, -0.15) is 0 Å². The first-order valence-electron chi connectivity index (χ1n) is 15.8. The van der Waals surface area contributed by atoms with Crippen molar-refractivity contribution in [1.29, 1.82) is 0 Å². The van der Waals surface area contributed by atoms with Gasteiger partial charge in [-0.3, -0.25) is 0 Å². The summed E-state index contributed by atoms with van der Waals surface area (Å²) in [4.78, 5) is 28.4. The van der Waals surface area contributed by atoms with Gasteiger partial charge in [0.15, 0.2) is 17.4 Å². The van der Waals surface area contributed by atoms with Crippen molar-refractivity contribution in [2.24, 2.45) is 0 Å². The number of piperidine rings is 1. The summed E-state index contributed by atoms with van der Waals surface area (Å²) in [6, 6.07) is 19.7. The zero-order valence-electron chi connectivity index (χ0n) is 27.1. The summed E-state index contributed by atoms with van der Waals surface area (Å²) < 4.78 is 53.4. The fourth-order valence-corrected chi connectivity index (χ4v) is 5.60. The van der Waals surface area contributed by atoms with E-state index in [0.29, 0.717) is 42.1 Å². The Hall–Kier alpha value is -4.70. The predicted molar refractivity (Wildman–Crippen MR) is 173 cm³/mol. The number of carbonyl (C=O) groups is 2. The summed E-state index contributed by atoms with van der Waals surface area (Å²) in [6.45, 7) is 8.81. The van der Waals surface area contributed by atoms with Crippen LogP contribution in [0, 0.1) is 11.6 Å². The Kier molecular flexibility index (Phi) is 10.6. The minimum absolute atomic E-state index is 0.111. The van der Waals surface area contributed by atoms with Crippen molar-refractivity contribution >= 4 is 12.1 Å². The van der Waals surface area contributed by atoms with Gasteiger partial charge in [0.05, 0.1) is 37.1 Å². The normalized spacial score (nSPS) is 14.9. The van der Waals surface area contributed by atoms with Gasteiger partial charge in [0.1, 0.15) is 11.4 Å². The Labute approximate surface area is 273 Å². The van der Waals surface area contributed by atoms with Gasteiger partial charge in [-0.15, -0.1) is 0 Å². The zero-order valence-corrected chi connectivity index (χ0v) is 27.1. The van der Waals surface area contributed by atoms with Gasteiger partial charge in [0, 0.05) is 24.8 Å². The number of likely N-dealkylation sites (tertiary alicyclic amines) is 1. The quantitative estimate of drug-likeness (QED) is 0.161. The van der Waals surface area contributed by atoms with E-state index in [2.05, 4.69) is 0 Å². The summed E-state index contributed by atoms with van der Waals surface area (Å²) in [5.74, 6) is -2.41. The third-order valence-electron chi connectivity index (χ3n) is 7.71. The Bertz CT molecular complexity index is 1660. The van der Waals surface area contributed by atoms with Crippen molar-refractivity contribution in [3.63, 3.8) is 0 Å². The average Bonchev–Trinajstić information content (AvgIpc) is 3.42. The molecule has 8 nitrogen and oxygen atoms in total. The van der Waals surface area contributed by atoms with Crippen LogP contribution >= 0.6 is 0 Å². The van der Waals surface area contributed by atoms with E-state index in [1.807, 2.05) is 61.9 Å². The number of halogens is 2. The van der Waals surface area contributed by atoms with Crippen LogP contribution in [0.3, 0.4) is 0 Å². The van der Waals surface area contributed by atoms with E-state index in [1.165, 1.54) is 6.07 Å². The Balaban J connectivity index is 1.51. The number of ether oxygens (including phenoxy) is 4. The zero-order chi connectivity index (χ0) is 33.6. The Morgan fingerprint density at radius 3 is 2.28 bits per heavy atom. The van der Waals surface area contributed by atoms with Crippen molar-refractivity contribution in [2.45, 2.75) is 65.4 Å². The van der Waals surface area contributed by atoms with Crippen LogP contribution in [0.1, 0.15) is 68.2 Å². The molecule has 0 spiro atoms. The molecule has 1 atom stereocenters. The molecule has 0 saturated carbocycles. The first-order valence-corrected chi connectivity index (χ1v) is 15.8. The highest BCUT2D eigenvalue weighted by molar-refractivity contribution is 5.99. The number of hydrogen-bond acceptors (Lipinski definition) is 6. The molecule has 1 saturated heterocycles. The van der Waals surface area contributed by atoms with Crippen LogP contribution in [0.15, 0.2) is 79.0 Å². The van der Waals surface area contributed by atoms with Crippen molar-refractivity contribution in [3.8, 4) is 22.6 Å². The molecule has 1 aliphatic heterocycles. The highest BCUT2D eigenvalue weighted by atomic mass is 19.1. The smallest absolute Gasteiger partial charge is 0.410 e. The Morgan fingerprint density at radius 1 is 0.915 bits per heavy atom. The van der Waals surface area contributed by atoms with Crippen LogP contribution in [-0.2, 0) is 27.4 Å². The topological polar surface area (TPSA) is 79.2 Å². The predicted octanol–water partition coefficient (Wildman–Crippen LogP) is 8.69. The van der Waals surface area contributed by atoms with Gasteiger partial charge in [-0.1, -0.05) is 48.5 Å². The molecule has 1 aliphatic rings. The second-order valence-electron chi connectivity index (χ2n) is 12.4. The van der Waals surface area contributed by atoms with E-state index < -0.39 is 29.0 Å². The van der Waals surface area contributed by atoms with Crippen LogP contribution in [-0.4, -0.2) is 46.8 Å². The number of rotatable bonds is 10. The van der Waals surface area contributed by atoms with E-state index in [0.717, 1.165) is 30.5 Å². The van der Waals surface area contributed by atoms with E-state index in [1.54, 1.807) is 36.1 Å². The number of aromatic nitrogens is 1. The lowest BCUT2D eigenvalue weighted by molar-refractivity contribution is 0.0166. The summed E-state index contributed by atoms with van der Waals surface area (Å²) in [7, 11) is 0. The van der Waals surface area contributed by atoms with Gasteiger partial charge < -0.3 is 28.4 Å². The first kappa shape index (κ1) is 33.7. The number of hydrogen-bond donors (Lipinski definition) is 0. The monoisotopic (exact) mass is 646 g/mol. The van der Waals surface area contributed by atoms with Crippen LogP contribution in [0.2, 0.25) is 0 Å². The molecular formula is C37H40F2N2O6. The van der Waals surface area contributed by atoms with Crippen LogP contribution < -0.4 is 4.74 Å². The molecule has 0 bridgehead atoms. The average molecular weight is 647 g/mol. The van der Waals surface area contributed by atoms with Crippen LogP contribution in [0.4, 0.5) is 13.6 Å². The lowest BCUT2D eigenvalue weighted by Gasteiger charge is -2.35. The standard InChI is InChI=1S/C37H40F2N2O6/c1-5-45-35(42)33-29(26-16-18-28(19-17-26)46-34-30(38)14-9-15-31(34)39)22-41(32(33)24-44-23-25-11-7-6-8-12-25)27-13-10-20-40(21-27)36(43)47-37(2,3)4/h6-9,11-12,14-19,22,27H,5,10,13,20-21,23-24H2,1-4H3/t27-/m1/s1. The molecule has 47 heavy (non-hydrogen) atoms. The van der Waals surface area contributed by atoms with Crippen LogP contribution in [0.5, 0.6) is 11.5 Å². The van der Waals surface area contributed by atoms with Gasteiger partial charge in [0.2, 0.25) is 0 Å². The van der Waals surface area contributed by atoms with Gasteiger partial charge in [-0.05, 0) is 75.9 Å². The SMILES string of the molecule is CCOC(=O)c1c(-c2ccc(Oc3c(F)cccc3F)cc2)cn([C@@H]2CCCN(C(=O)OC(C)(C)C)C2)c1COCc1ccccc1. The fraction of sp³-hybridized carbons (Fsp3) is 0.351. The molecule has 4 aromatic rings. The molecule has 10 heteroatoms. The van der Waals surface area contributed by atoms with E-state index >= 15 is 0 Å². The van der Waals surface area contributed by atoms with Gasteiger partial charge in [0.25, 0.3) is 0 Å². The molecule has 0 N–H and O–H groups in total. The molecule has 248 valence electrons. The highest BCUT2D eigenvalue weighted by Gasteiger charge is 2.32. The third kappa shape index (κ3) is 8.37. The summed E-state index contributed by atoms with van der Waals surface area (Å²) in [5.41, 5.74) is 2.59. The minimum atomic E-state index is -0.816. The van der Waals surface area contributed by atoms with E-state index in [9.17, 15) is 18.4 Å². The van der Waals surface area contributed by atoms with Gasteiger partial charge >= 0.3 is 12.1 Å². The molecule has 1 amide bonds. The summed E-state index contributed by atoms with van der Waals surface area (Å²) in [6.07, 6.45) is 3.02.